The van der Waals surface area contributed by atoms with Gasteiger partial charge >= 0.3 is 0 Å². The summed E-state index contributed by atoms with van der Waals surface area (Å²) < 4.78 is 0. The van der Waals surface area contributed by atoms with E-state index in [0.717, 1.165) is 16.7 Å². The van der Waals surface area contributed by atoms with Gasteiger partial charge in [-0.3, -0.25) is 4.79 Å². The Labute approximate surface area is 132 Å². The zero-order valence-electron chi connectivity index (χ0n) is 13.3. The van der Waals surface area contributed by atoms with Gasteiger partial charge in [-0.15, -0.1) is 0 Å². The minimum Gasteiger partial charge on any atom is -0.391 e. The molecule has 0 saturated carbocycles. The van der Waals surface area contributed by atoms with Gasteiger partial charge in [-0.05, 0) is 38.0 Å². The van der Waals surface area contributed by atoms with Gasteiger partial charge in [-0.1, -0.05) is 48.0 Å². The molecule has 0 heterocycles. The molecule has 0 bridgehead atoms. The Morgan fingerprint density at radius 2 is 1.82 bits per heavy atom. The molecule has 1 amide bonds. The first-order chi connectivity index (χ1) is 10.5. The van der Waals surface area contributed by atoms with Gasteiger partial charge in [0.2, 0.25) is 0 Å². The number of amides is 1. The number of hydrogen-bond donors (Lipinski definition) is 2. The molecule has 2 aromatic carbocycles. The molecule has 2 atom stereocenters. The topological polar surface area (TPSA) is 49.3 Å². The molecule has 0 spiro atoms. The highest BCUT2D eigenvalue weighted by Gasteiger charge is 2.18. The Bertz CT molecular complexity index is 637. The molecule has 0 saturated heterocycles. The van der Waals surface area contributed by atoms with Gasteiger partial charge in [0.25, 0.3) is 5.91 Å². The van der Waals surface area contributed by atoms with Crippen LogP contribution in [0.1, 0.15) is 34.0 Å². The summed E-state index contributed by atoms with van der Waals surface area (Å²) >= 11 is 0. The number of benzene rings is 2. The molecule has 0 aromatic heterocycles. The lowest BCUT2D eigenvalue weighted by Crippen LogP contribution is -2.42. The van der Waals surface area contributed by atoms with Crippen LogP contribution in [0.5, 0.6) is 0 Å². The Kier molecular flexibility index (Phi) is 5.34. The Balaban J connectivity index is 1.98. The monoisotopic (exact) mass is 297 g/mol. The van der Waals surface area contributed by atoms with E-state index in [1.807, 2.05) is 69.3 Å². The molecule has 2 rings (SSSR count). The number of carbonyl (C=O) groups excluding carboxylic acids is 1. The molecular weight excluding hydrogens is 274 g/mol. The highest BCUT2D eigenvalue weighted by Crippen LogP contribution is 2.12. The maximum Gasteiger partial charge on any atom is 0.251 e. The van der Waals surface area contributed by atoms with E-state index >= 15 is 0 Å². The zero-order chi connectivity index (χ0) is 16.1. The standard InChI is InChI=1S/C19H23NO2/c1-13-9-10-17(14(2)11-13)19(22)20-15(3)18(21)12-16-7-5-4-6-8-16/h4-11,15,18,21H,12H2,1-3H3,(H,20,22). The number of nitrogens with one attached hydrogen (secondary N) is 1. The second-order valence-corrected chi connectivity index (χ2v) is 5.84. The van der Waals surface area contributed by atoms with Crippen LogP contribution in [0.4, 0.5) is 0 Å². The van der Waals surface area contributed by atoms with Crippen molar-refractivity contribution in [3.8, 4) is 0 Å². The summed E-state index contributed by atoms with van der Waals surface area (Å²) in [5, 5.41) is 13.2. The van der Waals surface area contributed by atoms with Crippen molar-refractivity contribution in [1.82, 2.24) is 5.32 Å². The van der Waals surface area contributed by atoms with Crippen LogP contribution in [0, 0.1) is 13.8 Å². The fourth-order valence-corrected chi connectivity index (χ4v) is 2.48. The van der Waals surface area contributed by atoms with E-state index < -0.39 is 6.10 Å². The first-order valence-corrected chi connectivity index (χ1v) is 7.57. The van der Waals surface area contributed by atoms with Crippen LogP contribution in [-0.4, -0.2) is 23.2 Å². The van der Waals surface area contributed by atoms with Crippen LogP contribution in [-0.2, 0) is 6.42 Å². The van der Waals surface area contributed by atoms with Gasteiger partial charge in [0.05, 0.1) is 12.1 Å². The summed E-state index contributed by atoms with van der Waals surface area (Å²) in [4.78, 5) is 12.3. The predicted octanol–water partition coefficient (Wildman–Crippen LogP) is 3.03. The van der Waals surface area contributed by atoms with Gasteiger partial charge in [-0.25, -0.2) is 0 Å². The molecule has 0 aliphatic heterocycles. The summed E-state index contributed by atoms with van der Waals surface area (Å²) in [7, 11) is 0. The van der Waals surface area contributed by atoms with E-state index in [1.165, 1.54) is 0 Å². The Morgan fingerprint density at radius 3 is 2.45 bits per heavy atom. The van der Waals surface area contributed by atoms with Crippen molar-refractivity contribution in [3.05, 3.63) is 70.8 Å². The molecule has 0 aliphatic carbocycles. The molecule has 2 unspecified atom stereocenters. The van der Waals surface area contributed by atoms with Crippen molar-refractivity contribution in [2.75, 3.05) is 0 Å². The highest BCUT2D eigenvalue weighted by atomic mass is 16.3. The van der Waals surface area contributed by atoms with Gasteiger partial charge < -0.3 is 10.4 Å². The van der Waals surface area contributed by atoms with E-state index in [2.05, 4.69) is 5.32 Å². The molecule has 3 heteroatoms. The van der Waals surface area contributed by atoms with Crippen molar-refractivity contribution in [1.29, 1.82) is 0 Å². The zero-order valence-corrected chi connectivity index (χ0v) is 13.3. The van der Waals surface area contributed by atoms with Crippen molar-refractivity contribution >= 4 is 5.91 Å². The quantitative estimate of drug-likeness (QED) is 0.891. The molecule has 116 valence electrons. The van der Waals surface area contributed by atoms with Crippen molar-refractivity contribution in [2.24, 2.45) is 0 Å². The number of carbonyl (C=O) groups is 1. The van der Waals surface area contributed by atoms with Gasteiger partial charge in [0.1, 0.15) is 0 Å². The third-order valence-electron chi connectivity index (χ3n) is 3.85. The van der Waals surface area contributed by atoms with E-state index in [4.69, 9.17) is 0 Å². The van der Waals surface area contributed by atoms with Crippen LogP contribution in [0.25, 0.3) is 0 Å². The predicted molar refractivity (Wildman–Crippen MR) is 89.0 cm³/mol. The maximum atomic E-state index is 12.3. The summed E-state index contributed by atoms with van der Waals surface area (Å²) in [6.07, 6.45) is -0.0908. The van der Waals surface area contributed by atoms with Crippen LogP contribution in [0.3, 0.4) is 0 Å². The lowest BCUT2D eigenvalue weighted by atomic mass is 10.0. The molecule has 2 N–H and O–H groups in total. The number of aliphatic hydroxyl groups excluding tert-OH is 1. The maximum absolute atomic E-state index is 12.3. The normalized spacial score (nSPS) is 13.5. The Morgan fingerprint density at radius 1 is 1.14 bits per heavy atom. The largest absolute Gasteiger partial charge is 0.391 e. The van der Waals surface area contributed by atoms with Crippen LogP contribution < -0.4 is 5.32 Å². The first-order valence-electron chi connectivity index (χ1n) is 7.57. The van der Waals surface area contributed by atoms with Crippen molar-refractivity contribution < 1.29 is 9.90 Å². The van der Waals surface area contributed by atoms with Gasteiger partial charge in [0, 0.05) is 12.0 Å². The summed E-state index contributed by atoms with van der Waals surface area (Å²) in [5.74, 6) is -0.142. The van der Waals surface area contributed by atoms with Crippen LogP contribution >= 0.6 is 0 Å². The highest BCUT2D eigenvalue weighted by molar-refractivity contribution is 5.95. The fourth-order valence-electron chi connectivity index (χ4n) is 2.48. The van der Waals surface area contributed by atoms with E-state index in [-0.39, 0.29) is 11.9 Å². The second kappa shape index (κ2) is 7.23. The molecule has 22 heavy (non-hydrogen) atoms. The van der Waals surface area contributed by atoms with E-state index in [9.17, 15) is 9.90 Å². The minimum absolute atomic E-state index is 0.142. The average molecular weight is 297 g/mol. The molecular formula is C19H23NO2. The lowest BCUT2D eigenvalue weighted by molar-refractivity contribution is 0.0851. The third kappa shape index (κ3) is 4.18. The molecule has 3 nitrogen and oxygen atoms in total. The summed E-state index contributed by atoms with van der Waals surface area (Å²) in [5.41, 5.74) is 3.79. The minimum atomic E-state index is -0.614. The molecule has 2 aromatic rings. The van der Waals surface area contributed by atoms with E-state index in [1.54, 1.807) is 0 Å². The van der Waals surface area contributed by atoms with Crippen molar-refractivity contribution in [2.45, 2.75) is 39.3 Å². The average Bonchev–Trinajstić information content (AvgIpc) is 2.47. The van der Waals surface area contributed by atoms with E-state index in [0.29, 0.717) is 12.0 Å². The molecule has 0 radical (unpaired) electrons. The number of aliphatic hydroxyl groups is 1. The fraction of sp³-hybridized carbons (Fsp3) is 0.316. The third-order valence-corrected chi connectivity index (χ3v) is 3.85. The number of hydrogen-bond acceptors (Lipinski definition) is 2. The number of aryl methyl sites for hydroxylation is 2. The molecule has 0 aliphatic rings. The van der Waals surface area contributed by atoms with Crippen LogP contribution in [0.2, 0.25) is 0 Å². The first kappa shape index (κ1) is 16.2. The van der Waals surface area contributed by atoms with Crippen molar-refractivity contribution in [3.63, 3.8) is 0 Å². The lowest BCUT2D eigenvalue weighted by Gasteiger charge is -2.21. The Hall–Kier alpha value is -2.13. The smallest absolute Gasteiger partial charge is 0.251 e. The summed E-state index contributed by atoms with van der Waals surface area (Å²) in [6, 6.07) is 15.2. The SMILES string of the molecule is Cc1ccc(C(=O)NC(C)C(O)Cc2ccccc2)c(C)c1. The second-order valence-electron chi connectivity index (χ2n) is 5.84. The summed E-state index contributed by atoms with van der Waals surface area (Å²) in [6.45, 7) is 5.75. The van der Waals surface area contributed by atoms with Gasteiger partial charge in [-0.2, -0.15) is 0 Å². The molecule has 0 fully saturated rings. The van der Waals surface area contributed by atoms with Crippen LogP contribution in [0.15, 0.2) is 48.5 Å². The number of rotatable bonds is 5. The van der Waals surface area contributed by atoms with Gasteiger partial charge in [0.15, 0.2) is 0 Å².